The fraction of sp³-hybridized carbons (Fsp3) is 0.500. The Morgan fingerprint density at radius 2 is 1.89 bits per heavy atom. The monoisotopic (exact) mass is 264 g/mol. The topological polar surface area (TPSA) is 46.5 Å². The predicted octanol–water partition coefficient (Wildman–Crippen LogP) is 2.67. The molecule has 4 heteroatoms. The first kappa shape index (κ1) is 13.5. The summed E-state index contributed by atoms with van der Waals surface area (Å²) in [7, 11) is -1.88. The van der Waals surface area contributed by atoms with E-state index in [-0.39, 0.29) is 5.78 Å². The van der Waals surface area contributed by atoms with Crippen molar-refractivity contribution >= 4 is 14.1 Å². The van der Waals surface area contributed by atoms with Crippen LogP contribution in [0.2, 0.25) is 19.6 Å². The number of carbonyl (C=O) groups excluding carboxylic acids is 1. The quantitative estimate of drug-likeness (QED) is 0.850. The van der Waals surface area contributed by atoms with Crippen LogP contribution in [-0.2, 0) is 9.22 Å². The highest BCUT2D eigenvalue weighted by atomic mass is 28.4. The third-order valence-corrected chi connectivity index (χ3v) is 4.22. The van der Waals surface area contributed by atoms with Crippen LogP contribution in [0, 0.1) is 0 Å². The minimum atomic E-state index is -1.88. The van der Waals surface area contributed by atoms with Gasteiger partial charge in [0, 0.05) is 6.42 Å². The summed E-state index contributed by atoms with van der Waals surface area (Å²) in [6.45, 7) is 6.12. The van der Waals surface area contributed by atoms with E-state index in [4.69, 9.17) is 4.43 Å². The van der Waals surface area contributed by atoms with E-state index in [1.807, 2.05) is 50.0 Å². The molecule has 0 bridgehead atoms. The van der Waals surface area contributed by atoms with Crippen LogP contribution in [0.1, 0.15) is 24.5 Å². The van der Waals surface area contributed by atoms with Crippen molar-refractivity contribution < 1.29 is 14.3 Å². The van der Waals surface area contributed by atoms with Gasteiger partial charge < -0.3 is 9.53 Å². The molecule has 0 aliphatic heterocycles. The zero-order valence-corrected chi connectivity index (χ0v) is 12.1. The first-order valence-corrected chi connectivity index (χ1v) is 9.72. The maximum atomic E-state index is 12.0. The highest BCUT2D eigenvalue weighted by Gasteiger charge is 2.54. The van der Waals surface area contributed by atoms with Crippen LogP contribution in [-0.4, -0.2) is 24.8 Å². The molecular formula is C14H20O3Si. The van der Waals surface area contributed by atoms with Gasteiger partial charge in [-0.3, -0.25) is 4.79 Å². The van der Waals surface area contributed by atoms with Crippen LogP contribution < -0.4 is 0 Å². The van der Waals surface area contributed by atoms with Gasteiger partial charge in [-0.25, -0.2) is 0 Å². The number of ketones is 1. The van der Waals surface area contributed by atoms with Gasteiger partial charge in [-0.2, -0.15) is 0 Å². The molecule has 1 aromatic rings. The third-order valence-electron chi connectivity index (χ3n) is 3.24. The Morgan fingerprint density at radius 3 is 2.28 bits per heavy atom. The van der Waals surface area contributed by atoms with Crippen molar-refractivity contribution in [3.8, 4) is 0 Å². The largest absolute Gasteiger partial charge is 0.403 e. The van der Waals surface area contributed by atoms with Crippen molar-refractivity contribution in [3.05, 3.63) is 35.9 Å². The molecule has 0 saturated heterocycles. The minimum Gasteiger partial charge on any atom is -0.403 e. The van der Waals surface area contributed by atoms with E-state index >= 15 is 0 Å². The van der Waals surface area contributed by atoms with Crippen LogP contribution in [0.3, 0.4) is 0 Å². The lowest BCUT2D eigenvalue weighted by Gasteiger charge is -2.47. The molecule has 1 N–H and O–H groups in total. The van der Waals surface area contributed by atoms with Gasteiger partial charge in [0.25, 0.3) is 0 Å². The second-order valence-corrected chi connectivity index (χ2v) is 10.3. The van der Waals surface area contributed by atoms with Crippen LogP contribution in [0.4, 0.5) is 0 Å². The number of aliphatic hydroxyl groups is 1. The molecular weight excluding hydrogens is 244 g/mol. The Labute approximate surface area is 109 Å². The number of Topliss-reactive ketones (excluding diaryl/α,β-unsaturated/α-hetero) is 1. The molecule has 1 aliphatic rings. The molecule has 98 valence electrons. The van der Waals surface area contributed by atoms with Crippen LogP contribution >= 0.6 is 0 Å². The summed E-state index contributed by atoms with van der Waals surface area (Å²) in [5.41, 5.74) is -0.241. The zero-order valence-electron chi connectivity index (χ0n) is 11.1. The Bertz CT molecular complexity index is 438. The first-order chi connectivity index (χ1) is 8.35. The van der Waals surface area contributed by atoms with Crippen molar-refractivity contribution in [1.82, 2.24) is 0 Å². The molecule has 1 aliphatic carbocycles. The summed E-state index contributed by atoms with van der Waals surface area (Å²) < 4.78 is 6.03. The summed E-state index contributed by atoms with van der Waals surface area (Å²) in [4.78, 5) is 12.0. The van der Waals surface area contributed by atoms with Gasteiger partial charge in [0.1, 0.15) is 11.7 Å². The van der Waals surface area contributed by atoms with Crippen molar-refractivity contribution in [1.29, 1.82) is 0 Å². The van der Waals surface area contributed by atoms with Gasteiger partial charge in [-0.1, -0.05) is 30.3 Å². The second-order valence-electron chi connectivity index (χ2n) is 5.84. The molecule has 0 radical (unpaired) electrons. The average molecular weight is 264 g/mol. The van der Waals surface area contributed by atoms with Crippen LogP contribution in [0.25, 0.3) is 0 Å². The number of carbonyl (C=O) groups is 1. The second kappa shape index (κ2) is 4.61. The van der Waals surface area contributed by atoms with E-state index in [0.717, 1.165) is 5.56 Å². The molecule has 18 heavy (non-hydrogen) atoms. The van der Waals surface area contributed by atoms with Gasteiger partial charge in [-0.15, -0.1) is 0 Å². The summed E-state index contributed by atoms with van der Waals surface area (Å²) in [6.07, 6.45) is 0.271. The first-order valence-electron chi connectivity index (χ1n) is 6.32. The summed E-state index contributed by atoms with van der Waals surface area (Å²) >= 11 is 0. The van der Waals surface area contributed by atoms with Crippen molar-refractivity contribution in [3.63, 3.8) is 0 Å². The van der Waals surface area contributed by atoms with E-state index in [0.29, 0.717) is 12.8 Å². The van der Waals surface area contributed by atoms with Gasteiger partial charge in [0.15, 0.2) is 14.1 Å². The zero-order chi connectivity index (χ0) is 13.4. The lowest BCUT2D eigenvalue weighted by atomic mass is 9.73. The molecule has 0 aromatic heterocycles. The molecule has 0 amide bonds. The molecule has 0 heterocycles. The minimum absolute atomic E-state index is 0.0290. The Balaban J connectivity index is 2.29. The third kappa shape index (κ3) is 2.41. The Morgan fingerprint density at radius 1 is 1.28 bits per heavy atom. The maximum absolute atomic E-state index is 12.0. The molecule has 2 unspecified atom stereocenters. The predicted molar refractivity (Wildman–Crippen MR) is 72.8 cm³/mol. The van der Waals surface area contributed by atoms with Gasteiger partial charge in [-0.05, 0) is 31.6 Å². The van der Waals surface area contributed by atoms with E-state index in [9.17, 15) is 9.90 Å². The maximum Gasteiger partial charge on any atom is 0.185 e. The van der Waals surface area contributed by atoms with Gasteiger partial charge >= 0.3 is 0 Å². The fourth-order valence-corrected chi connectivity index (χ4v) is 3.80. The summed E-state index contributed by atoms with van der Waals surface area (Å²) in [5, 5.41) is 10.5. The van der Waals surface area contributed by atoms with E-state index < -0.39 is 20.0 Å². The SMILES string of the molecule is C[Si](C)(C)OC1(C(O)c2ccccc2)CCC1=O. The van der Waals surface area contributed by atoms with Crippen LogP contribution in [0.15, 0.2) is 30.3 Å². The lowest BCUT2D eigenvalue weighted by Crippen LogP contribution is -2.58. The Kier molecular flexibility index (Phi) is 3.44. The number of hydrogen-bond donors (Lipinski definition) is 1. The molecule has 1 aromatic carbocycles. The molecule has 1 saturated carbocycles. The highest BCUT2D eigenvalue weighted by Crippen LogP contribution is 2.44. The smallest absolute Gasteiger partial charge is 0.185 e. The number of aliphatic hydroxyl groups excluding tert-OH is 1. The van der Waals surface area contributed by atoms with Crippen LogP contribution in [0.5, 0.6) is 0 Å². The summed E-state index contributed by atoms with van der Waals surface area (Å²) in [6, 6.07) is 9.30. The Hall–Kier alpha value is -0.973. The van der Waals surface area contributed by atoms with Gasteiger partial charge in [0.05, 0.1) is 0 Å². The van der Waals surface area contributed by atoms with Gasteiger partial charge in [0.2, 0.25) is 0 Å². The van der Waals surface area contributed by atoms with E-state index in [2.05, 4.69) is 0 Å². The standard InChI is InChI=1S/C14H20O3Si/c1-18(2,3)17-14(10-9-12(14)15)13(16)11-7-5-4-6-8-11/h4-8,13,16H,9-10H2,1-3H3. The fourth-order valence-electron chi connectivity index (χ4n) is 2.38. The average Bonchev–Trinajstić information content (AvgIpc) is 2.33. The van der Waals surface area contributed by atoms with E-state index in [1.54, 1.807) is 0 Å². The van der Waals surface area contributed by atoms with Crippen molar-refractivity contribution in [2.75, 3.05) is 0 Å². The highest BCUT2D eigenvalue weighted by molar-refractivity contribution is 6.70. The van der Waals surface area contributed by atoms with E-state index in [1.165, 1.54) is 0 Å². The van der Waals surface area contributed by atoms with Crippen molar-refractivity contribution in [2.45, 2.75) is 44.2 Å². The number of benzene rings is 1. The molecule has 2 atom stereocenters. The van der Waals surface area contributed by atoms with Crippen molar-refractivity contribution in [2.24, 2.45) is 0 Å². The summed E-state index contributed by atoms with van der Waals surface area (Å²) in [5.74, 6) is 0.0290. The molecule has 1 fully saturated rings. The lowest BCUT2D eigenvalue weighted by molar-refractivity contribution is -0.164. The number of rotatable bonds is 4. The normalized spacial score (nSPS) is 25.7. The number of hydrogen-bond acceptors (Lipinski definition) is 3. The molecule has 2 rings (SSSR count). The molecule has 3 nitrogen and oxygen atoms in total. The molecule has 0 spiro atoms.